The van der Waals surface area contributed by atoms with Gasteiger partial charge in [0.2, 0.25) is 0 Å². The number of ether oxygens (including phenoxy) is 2. The molecule has 0 fully saturated rings. The predicted octanol–water partition coefficient (Wildman–Crippen LogP) is 4.17. The normalized spacial score (nSPS) is 12.0. The zero-order chi connectivity index (χ0) is 16.7. The Kier molecular flexibility index (Phi) is 6.62. The number of carbonyl (C=O) groups excluding carboxylic acids is 1. The number of carbonyl (C=O) groups is 1. The highest BCUT2D eigenvalue weighted by molar-refractivity contribution is 7.14. The van der Waals surface area contributed by atoms with Crippen LogP contribution in [0.25, 0.3) is 0 Å². The van der Waals surface area contributed by atoms with Gasteiger partial charge in [-0.25, -0.2) is 0 Å². The van der Waals surface area contributed by atoms with E-state index in [0.29, 0.717) is 18.1 Å². The third-order valence-electron chi connectivity index (χ3n) is 3.48. The van der Waals surface area contributed by atoms with Gasteiger partial charge in [0.05, 0.1) is 24.1 Å². The molecule has 0 aliphatic heterocycles. The molecule has 0 bridgehead atoms. The molecule has 0 saturated carbocycles. The van der Waals surface area contributed by atoms with Crippen LogP contribution in [-0.4, -0.2) is 19.6 Å². The molecule has 1 atom stereocenters. The van der Waals surface area contributed by atoms with E-state index in [1.807, 2.05) is 43.3 Å². The van der Waals surface area contributed by atoms with E-state index in [2.05, 4.69) is 12.2 Å². The van der Waals surface area contributed by atoms with Gasteiger partial charge in [0.15, 0.2) is 0 Å². The smallest absolute Gasteiger partial charge is 0.261 e. The highest BCUT2D eigenvalue weighted by Gasteiger charge is 2.16. The molecule has 1 aromatic carbocycles. The molecule has 0 aliphatic rings. The molecule has 1 N–H and O–H groups in total. The van der Waals surface area contributed by atoms with E-state index in [0.717, 1.165) is 22.6 Å². The average molecular weight is 333 g/mol. The zero-order valence-corrected chi connectivity index (χ0v) is 14.6. The van der Waals surface area contributed by atoms with E-state index in [-0.39, 0.29) is 11.9 Å². The number of hydrogen-bond acceptors (Lipinski definition) is 4. The standard InChI is InChI=1S/C18H23NO3S/c1-4-16(13-6-8-14(9-7-13)22-5-2)19-18(20)17-11-10-15(23-17)12-21-3/h6-11,16H,4-5,12H2,1-3H3,(H,19,20). The third kappa shape index (κ3) is 4.81. The molecule has 4 nitrogen and oxygen atoms in total. The van der Waals surface area contributed by atoms with E-state index >= 15 is 0 Å². The zero-order valence-electron chi connectivity index (χ0n) is 13.8. The van der Waals surface area contributed by atoms with E-state index < -0.39 is 0 Å². The lowest BCUT2D eigenvalue weighted by Crippen LogP contribution is -2.27. The molecule has 0 radical (unpaired) electrons. The van der Waals surface area contributed by atoms with Crippen molar-refractivity contribution < 1.29 is 14.3 Å². The maximum Gasteiger partial charge on any atom is 0.261 e. The molecule has 1 unspecified atom stereocenters. The average Bonchev–Trinajstić information content (AvgIpc) is 3.03. The monoisotopic (exact) mass is 333 g/mol. The Balaban J connectivity index is 2.03. The van der Waals surface area contributed by atoms with Crippen LogP contribution in [0, 0.1) is 0 Å². The van der Waals surface area contributed by atoms with Crippen molar-refractivity contribution in [1.82, 2.24) is 5.32 Å². The lowest BCUT2D eigenvalue weighted by molar-refractivity contribution is 0.0939. The Morgan fingerprint density at radius 2 is 1.91 bits per heavy atom. The summed E-state index contributed by atoms with van der Waals surface area (Å²) in [5, 5.41) is 3.10. The quantitative estimate of drug-likeness (QED) is 0.788. The fourth-order valence-electron chi connectivity index (χ4n) is 2.33. The molecule has 5 heteroatoms. The summed E-state index contributed by atoms with van der Waals surface area (Å²) in [6.07, 6.45) is 0.829. The Morgan fingerprint density at radius 1 is 1.17 bits per heavy atom. The summed E-state index contributed by atoms with van der Waals surface area (Å²) in [6, 6.07) is 11.7. The first-order chi connectivity index (χ1) is 11.2. The van der Waals surface area contributed by atoms with Crippen LogP contribution in [0.15, 0.2) is 36.4 Å². The minimum Gasteiger partial charge on any atom is -0.494 e. The Bertz CT molecular complexity index is 621. The van der Waals surface area contributed by atoms with Gasteiger partial charge >= 0.3 is 0 Å². The van der Waals surface area contributed by atoms with Crippen molar-refractivity contribution in [2.45, 2.75) is 32.9 Å². The van der Waals surface area contributed by atoms with Crippen molar-refractivity contribution in [2.75, 3.05) is 13.7 Å². The molecule has 0 spiro atoms. The number of rotatable bonds is 8. The first-order valence-electron chi connectivity index (χ1n) is 7.79. The summed E-state index contributed by atoms with van der Waals surface area (Å²) in [6.45, 7) is 5.21. The van der Waals surface area contributed by atoms with Crippen LogP contribution >= 0.6 is 11.3 Å². The summed E-state index contributed by atoms with van der Waals surface area (Å²) in [4.78, 5) is 14.2. The van der Waals surface area contributed by atoms with Crippen LogP contribution < -0.4 is 10.1 Å². The summed E-state index contributed by atoms with van der Waals surface area (Å²) >= 11 is 1.47. The summed E-state index contributed by atoms with van der Waals surface area (Å²) in [5.74, 6) is 0.804. The maximum absolute atomic E-state index is 12.4. The minimum absolute atomic E-state index is 0.00819. The van der Waals surface area contributed by atoms with Gasteiger partial charge in [0, 0.05) is 12.0 Å². The Hall–Kier alpha value is -1.85. The lowest BCUT2D eigenvalue weighted by atomic mass is 10.0. The van der Waals surface area contributed by atoms with Crippen molar-refractivity contribution in [3.63, 3.8) is 0 Å². The van der Waals surface area contributed by atoms with Crippen molar-refractivity contribution in [1.29, 1.82) is 0 Å². The predicted molar refractivity (Wildman–Crippen MR) is 93.1 cm³/mol. The van der Waals surface area contributed by atoms with Gasteiger partial charge in [0.1, 0.15) is 5.75 Å². The third-order valence-corrected chi connectivity index (χ3v) is 4.54. The van der Waals surface area contributed by atoms with E-state index in [4.69, 9.17) is 9.47 Å². The van der Waals surface area contributed by atoms with Crippen molar-refractivity contribution >= 4 is 17.2 Å². The van der Waals surface area contributed by atoms with Gasteiger partial charge in [-0.15, -0.1) is 11.3 Å². The molecule has 1 aromatic heterocycles. The number of thiophene rings is 1. The van der Waals surface area contributed by atoms with E-state index in [1.54, 1.807) is 7.11 Å². The Labute approximate surface area is 141 Å². The molecule has 0 saturated heterocycles. The van der Waals surface area contributed by atoms with Gasteiger partial charge in [0.25, 0.3) is 5.91 Å². The van der Waals surface area contributed by atoms with Gasteiger partial charge in [-0.3, -0.25) is 4.79 Å². The van der Waals surface area contributed by atoms with Gasteiger partial charge in [-0.05, 0) is 43.2 Å². The second-order valence-corrected chi connectivity index (χ2v) is 6.30. The van der Waals surface area contributed by atoms with Crippen LogP contribution in [0.4, 0.5) is 0 Å². The number of hydrogen-bond donors (Lipinski definition) is 1. The molecule has 2 rings (SSSR count). The van der Waals surface area contributed by atoms with Gasteiger partial charge < -0.3 is 14.8 Å². The van der Waals surface area contributed by atoms with Crippen molar-refractivity contribution in [3.05, 3.63) is 51.7 Å². The minimum atomic E-state index is -0.0434. The van der Waals surface area contributed by atoms with Crippen molar-refractivity contribution in [2.24, 2.45) is 0 Å². The summed E-state index contributed by atoms with van der Waals surface area (Å²) < 4.78 is 10.5. The fourth-order valence-corrected chi connectivity index (χ4v) is 3.22. The summed E-state index contributed by atoms with van der Waals surface area (Å²) in [7, 11) is 1.65. The Morgan fingerprint density at radius 3 is 2.52 bits per heavy atom. The van der Waals surface area contributed by atoms with Crippen LogP contribution in [-0.2, 0) is 11.3 Å². The topological polar surface area (TPSA) is 47.6 Å². The van der Waals surface area contributed by atoms with Crippen LogP contribution in [0.3, 0.4) is 0 Å². The van der Waals surface area contributed by atoms with Crippen LogP contribution in [0.2, 0.25) is 0 Å². The van der Waals surface area contributed by atoms with Crippen LogP contribution in [0.5, 0.6) is 5.75 Å². The van der Waals surface area contributed by atoms with Crippen molar-refractivity contribution in [3.8, 4) is 5.75 Å². The second-order valence-electron chi connectivity index (χ2n) is 5.14. The highest BCUT2D eigenvalue weighted by atomic mass is 32.1. The second kappa shape index (κ2) is 8.70. The largest absolute Gasteiger partial charge is 0.494 e. The highest BCUT2D eigenvalue weighted by Crippen LogP contribution is 2.22. The number of methoxy groups -OCH3 is 1. The molecule has 0 aliphatic carbocycles. The molecular weight excluding hydrogens is 310 g/mol. The molecule has 1 amide bonds. The first-order valence-corrected chi connectivity index (χ1v) is 8.60. The number of benzene rings is 1. The molecule has 1 heterocycles. The summed E-state index contributed by atoms with van der Waals surface area (Å²) in [5.41, 5.74) is 1.08. The van der Waals surface area contributed by atoms with Gasteiger partial charge in [-0.1, -0.05) is 19.1 Å². The number of amides is 1. The number of nitrogens with one attached hydrogen (secondary N) is 1. The van der Waals surface area contributed by atoms with E-state index in [1.165, 1.54) is 11.3 Å². The lowest BCUT2D eigenvalue weighted by Gasteiger charge is -2.17. The molecular formula is C18H23NO3S. The molecule has 124 valence electrons. The molecule has 2 aromatic rings. The fraction of sp³-hybridized carbons (Fsp3) is 0.389. The van der Waals surface area contributed by atoms with Crippen LogP contribution in [0.1, 0.15) is 46.4 Å². The SMILES string of the molecule is CCOc1ccc(C(CC)NC(=O)c2ccc(COC)s2)cc1. The van der Waals surface area contributed by atoms with E-state index in [9.17, 15) is 4.79 Å². The van der Waals surface area contributed by atoms with Gasteiger partial charge in [-0.2, -0.15) is 0 Å². The molecule has 23 heavy (non-hydrogen) atoms. The first kappa shape index (κ1) is 17.5. The maximum atomic E-state index is 12.4.